The summed E-state index contributed by atoms with van der Waals surface area (Å²) in [6, 6.07) is 1.73. The molecule has 0 saturated carbocycles. The van der Waals surface area contributed by atoms with Gasteiger partial charge in [0.1, 0.15) is 23.8 Å². The normalized spacial score (nSPS) is 35.1. The Hall–Kier alpha value is -1.58. The van der Waals surface area contributed by atoms with Gasteiger partial charge in [-0.3, -0.25) is 10.7 Å². The molecule has 1 saturated heterocycles. The first-order chi connectivity index (χ1) is 9.07. The number of aliphatic hydroxyl groups is 3. The molecule has 102 valence electrons. The van der Waals surface area contributed by atoms with Crippen molar-refractivity contribution in [2.45, 2.75) is 24.0 Å². The molecule has 0 aromatic carbocycles. The summed E-state index contributed by atoms with van der Waals surface area (Å²) in [5, 5.41) is 29.1. The van der Waals surface area contributed by atoms with Gasteiger partial charge in [0.25, 0.3) is 0 Å². The molecule has 1 fully saturated rings. The molecule has 1 aliphatic heterocycles. The van der Waals surface area contributed by atoms with E-state index in [2.05, 4.69) is 15.0 Å². The number of nitrogens with two attached hydrogens (primary N) is 1. The van der Waals surface area contributed by atoms with Crippen molar-refractivity contribution in [1.29, 1.82) is 0 Å². The maximum absolute atomic E-state index is 10.0. The fourth-order valence-corrected chi connectivity index (χ4v) is 2.28. The Balaban J connectivity index is 2.06. The minimum atomic E-state index is -1.70. The van der Waals surface area contributed by atoms with Crippen LogP contribution in [0.25, 0.3) is 11.0 Å². The molecule has 2 aromatic rings. The first kappa shape index (κ1) is 12.5. The maximum Gasteiger partial charge on any atom is 0.169 e. The van der Waals surface area contributed by atoms with Crippen LogP contribution in [0.4, 0.5) is 0 Å². The predicted octanol–water partition coefficient (Wildman–Crippen LogP) is -1.60. The fraction of sp³-hybridized carbons (Fsp3) is 0.455. The lowest BCUT2D eigenvalue weighted by Crippen LogP contribution is -2.54. The first-order valence-electron chi connectivity index (χ1n) is 5.78. The van der Waals surface area contributed by atoms with Crippen LogP contribution in [0.5, 0.6) is 0 Å². The van der Waals surface area contributed by atoms with E-state index < -0.39 is 30.6 Å². The number of nitrogens with zero attached hydrogens (tertiary/aromatic N) is 2. The highest BCUT2D eigenvalue weighted by atomic mass is 16.6. The second kappa shape index (κ2) is 4.22. The molecule has 0 bridgehead atoms. The van der Waals surface area contributed by atoms with Crippen molar-refractivity contribution < 1.29 is 20.1 Å². The highest BCUT2D eigenvalue weighted by molar-refractivity contribution is 5.76. The van der Waals surface area contributed by atoms with E-state index in [1.807, 2.05) is 0 Å². The Morgan fingerprint density at radius 2 is 2.21 bits per heavy atom. The molecule has 0 spiro atoms. The number of fused-ring (bicyclic) bond motifs is 1. The zero-order valence-corrected chi connectivity index (χ0v) is 9.89. The van der Waals surface area contributed by atoms with Gasteiger partial charge in [-0.1, -0.05) is 0 Å². The molecular formula is C11H14N4O4. The monoisotopic (exact) mass is 266 g/mol. The lowest BCUT2D eigenvalue weighted by molar-refractivity contribution is -0.108. The van der Waals surface area contributed by atoms with Crippen LogP contribution in [0.3, 0.4) is 0 Å². The first-order valence-corrected chi connectivity index (χ1v) is 5.78. The molecule has 8 heteroatoms. The molecule has 1 aliphatic rings. The number of aromatic amines is 1. The van der Waals surface area contributed by atoms with Crippen molar-refractivity contribution in [3.63, 3.8) is 0 Å². The van der Waals surface area contributed by atoms with Gasteiger partial charge in [0, 0.05) is 6.20 Å². The van der Waals surface area contributed by atoms with Crippen molar-refractivity contribution in [3.05, 3.63) is 24.3 Å². The van der Waals surface area contributed by atoms with Crippen molar-refractivity contribution in [3.8, 4) is 0 Å². The van der Waals surface area contributed by atoms with Gasteiger partial charge in [-0.25, -0.2) is 4.98 Å². The lowest BCUT2D eigenvalue weighted by atomic mass is 10.0. The van der Waals surface area contributed by atoms with Crippen LogP contribution in [-0.2, 0) is 4.74 Å². The van der Waals surface area contributed by atoms with E-state index in [0.717, 1.165) is 5.52 Å². The van der Waals surface area contributed by atoms with E-state index in [0.29, 0.717) is 11.2 Å². The summed E-state index contributed by atoms with van der Waals surface area (Å²) in [4.78, 5) is 11.1. The fourth-order valence-electron chi connectivity index (χ4n) is 2.28. The third-order valence-corrected chi connectivity index (χ3v) is 3.36. The standard InChI is InChI=1S/C11H14N4O4/c12-11(3-16)10(18)8(17)9(19-11)7-6-5(1-2-13-7)14-4-15-6/h1-2,4,8-10,16-18H,3,12H2,(H,14,15)/t8-,9-,10-,11+/m0/s1. The molecule has 4 atom stereocenters. The third-order valence-electron chi connectivity index (χ3n) is 3.36. The molecule has 2 aromatic heterocycles. The van der Waals surface area contributed by atoms with Gasteiger partial charge in [0.2, 0.25) is 0 Å². The molecule has 0 radical (unpaired) electrons. The van der Waals surface area contributed by atoms with Crippen molar-refractivity contribution in [1.82, 2.24) is 15.0 Å². The van der Waals surface area contributed by atoms with E-state index >= 15 is 0 Å². The predicted molar refractivity (Wildman–Crippen MR) is 63.7 cm³/mol. The van der Waals surface area contributed by atoms with E-state index in [-0.39, 0.29) is 0 Å². The SMILES string of the molecule is N[C@]1(CO)O[C@@H](c2nccc3[nH]cnc23)[C@H](O)[C@@H]1O. The summed E-state index contributed by atoms with van der Waals surface area (Å²) in [7, 11) is 0. The van der Waals surface area contributed by atoms with Crippen molar-refractivity contribution in [2.75, 3.05) is 6.61 Å². The number of rotatable bonds is 2. The van der Waals surface area contributed by atoms with Gasteiger partial charge in [-0.2, -0.15) is 0 Å². The highest BCUT2D eigenvalue weighted by Gasteiger charge is 2.53. The van der Waals surface area contributed by atoms with E-state index in [1.165, 1.54) is 12.5 Å². The van der Waals surface area contributed by atoms with Crippen molar-refractivity contribution in [2.24, 2.45) is 5.73 Å². The summed E-state index contributed by atoms with van der Waals surface area (Å²) in [6.07, 6.45) is -0.604. The Labute approximate surface area is 107 Å². The number of aromatic nitrogens is 3. The Bertz CT molecular complexity index is 603. The largest absolute Gasteiger partial charge is 0.392 e. The van der Waals surface area contributed by atoms with Crippen LogP contribution in [-0.4, -0.2) is 54.8 Å². The molecule has 0 amide bonds. The summed E-state index contributed by atoms with van der Waals surface area (Å²) in [5.74, 6) is 0. The molecule has 3 heterocycles. The van der Waals surface area contributed by atoms with Crippen molar-refractivity contribution >= 4 is 11.0 Å². The van der Waals surface area contributed by atoms with Gasteiger partial charge < -0.3 is 25.0 Å². The zero-order chi connectivity index (χ0) is 13.6. The molecule has 0 unspecified atom stereocenters. The minimum absolute atomic E-state index is 0.367. The van der Waals surface area contributed by atoms with Crippen LogP contribution in [0.15, 0.2) is 18.6 Å². The zero-order valence-electron chi connectivity index (χ0n) is 9.89. The summed E-state index contributed by atoms with van der Waals surface area (Å²) >= 11 is 0. The molecule has 3 rings (SSSR count). The van der Waals surface area contributed by atoms with E-state index in [4.69, 9.17) is 10.5 Å². The quantitative estimate of drug-likeness (QED) is 0.441. The Kier molecular flexibility index (Phi) is 2.77. The number of aliphatic hydroxyl groups excluding tert-OH is 3. The molecular weight excluding hydrogens is 252 g/mol. The van der Waals surface area contributed by atoms with Crippen LogP contribution >= 0.6 is 0 Å². The summed E-state index contributed by atoms with van der Waals surface area (Å²) in [6.45, 7) is -0.613. The third kappa shape index (κ3) is 1.73. The summed E-state index contributed by atoms with van der Waals surface area (Å²) < 4.78 is 5.40. The van der Waals surface area contributed by atoms with Gasteiger partial charge in [-0.05, 0) is 6.07 Å². The average molecular weight is 266 g/mol. The number of hydrogen-bond donors (Lipinski definition) is 5. The highest BCUT2D eigenvalue weighted by Crippen LogP contribution is 2.38. The van der Waals surface area contributed by atoms with Crippen LogP contribution in [0.2, 0.25) is 0 Å². The van der Waals surface area contributed by atoms with Gasteiger partial charge in [0.15, 0.2) is 5.72 Å². The average Bonchev–Trinajstić information content (AvgIpc) is 2.98. The number of imidazole rings is 1. The topological polar surface area (TPSA) is 138 Å². The van der Waals surface area contributed by atoms with E-state index in [1.54, 1.807) is 6.07 Å². The second-order valence-corrected chi connectivity index (χ2v) is 4.58. The number of ether oxygens (including phenoxy) is 1. The maximum atomic E-state index is 10.0. The van der Waals surface area contributed by atoms with E-state index in [9.17, 15) is 15.3 Å². The number of hydrogen-bond acceptors (Lipinski definition) is 7. The minimum Gasteiger partial charge on any atom is -0.392 e. The number of nitrogens with one attached hydrogen (secondary N) is 1. The Morgan fingerprint density at radius 3 is 2.89 bits per heavy atom. The van der Waals surface area contributed by atoms with Gasteiger partial charge in [-0.15, -0.1) is 0 Å². The molecule has 6 N–H and O–H groups in total. The summed E-state index contributed by atoms with van der Waals surface area (Å²) in [5.41, 5.74) is 5.62. The Morgan fingerprint density at radius 1 is 1.42 bits per heavy atom. The number of H-pyrrole nitrogens is 1. The smallest absolute Gasteiger partial charge is 0.169 e. The van der Waals surface area contributed by atoms with Gasteiger partial charge >= 0.3 is 0 Å². The molecule has 19 heavy (non-hydrogen) atoms. The van der Waals surface area contributed by atoms with Crippen LogP contribution < -0.4 is 5.73 Å². The van der Waals surface area contributed by atoms with Gasteiger partial charge in [0.05, 0.1) is 24.1 Å². The molecule has 0 aliphatic carbocycles. The van der Waals surface area contributed by atoms with Crippen LogP contribution in [0, 0.1) is 0 Å². The lowest BCUT2D eigenvalue weighted by Gasteiger charge is -2.24. The van der Waals surface area contributed by atoms with Crippen LogP contribution in [0.1, 0.15) is 11.8 Å². The number of pyridine rings is 1. The molecule has 8 nitrogen and oxygen atoms in total. The second-order valence-electron chi connectivity index (χ2n) is 4.58.